The van der Waals surface area contributed by atoms with Gasteiger partial charge in [0.25, 0.3) is 47.3 Å². The van der Waals surface area contributed by atoms with Gasteiger partial charge in [-0.1, -0.05) is 141 Å². The summed E-state index contributed by atoms with van der Waals surface area (Å²) >= 11 is 48.5. The SMILES string of the molecule is COc1cc(Cl)cc(C(=O)Nc2ccc(Cl)cc2)c1NC(=O)c1ccc(C(=N)N(C)C)cc1.COc1cc(Cl)cc(C(=O)Nc2ccc(Cl)cc2)c1NC(=O)c1ccc(C(=N)N2CCCC2)cc1.COc1cc(Cl)cc(C(=O)Nc2ccc(Cl)cc2)c1NC(=O)c1ccc(C(=N)N2CCCCC2)cc1.COc1cc(Cl)cc(C(=O)Nc2ccc(Cl)cc2)c1NC(=O)c1ccc(C2=NCCN2C)cc1. The van der Waals surface area contributed by atoms with Crippen molar-refractivity contribution in [2.24, 2.45) is 4.99 Å². The molecule has 15 rings (SSSR count). The Kier molecular flexibility index (Phi) is 36.1. The first-order chi connectivity index (χ1) is 66.2. The van der Waals surface area contributed by atoms with Crippen molar-refractivity contribution in [1.29, 1.82) is 16.2 Å². The largest absolute Gasteiger partial charge is 0.494 e. The Labute approximate surface area is 837 Å². The highest BCUT2D eigenvalue weighted by molar-refractivity contribution is 6.35. The van der Waals surface area contributed by atoms with Crippen molar-refractivity contribution in [1.82, 2.24) is 19.6 Å². The second-order valence-corrected chi connectivity index (χ2v) is 34.9. The van der Waals surface area contributed by atoms with Gasteiger partial charge in [-0.15, -0.1) is 0 Å². The lowest BCUT2D eigenvalue weighted by Gasteiger charge is -2.29. The number of hydrogen-bond acceptors (Lipinski definition) is 17. The molecule has 0 atom stereocenters. The number of likely N-dealkylation sites (N-methyl/N-ethyl adjacent to an activating group) is 1. The van der Waals surface area contributed by atoms with Crippen molar-refractivity contribution in [3.05, 3.63) is 350 Å². The lowest BCUT2D eigenvalue weighted by atomic mass is 10.1. The Bertz CT molecular complexity index is 6550. The Morgan fingerprint density at radius 3 is 0.775 bits per heavy atom. The number of methoxy groups -OCH3 is 4. The number of hydrogen-bond donors (Lipinski definition) is 11. The molecule has 2 fully saturated rings. The molecule has 28 nitrogen and oxygen atoms in total. The number of piperidine rings is 1. The highest BCUT2D eigenvalue weighted by Gasteiger charge is 2.29. The molecule has 3 aliphatic heterocycles. The van der Waals surface area contributed by atoms with E-state index in [1.54, 1.807) is 201 Å². The molecule has 138 heavy (non-hydrogen) atoms. The lowest BCUT2D eigenvalue weighted by molar-refractivity contribution is 0.101. The van der Waals surface area contributed by atoms with Crippen LogP contribution in [0, 0.1) is 16.2 Å². The summed E-state index contributed by atoms with van der Waals surface area (Å²) in [7, 11) is 11.2. The summed E-state index contributed by atoms with van der Waals surface area (Å²) in [6.07, 6.45) is 5.52. The van der Waals surface area contributed by atoms with E-state index in [1.165, 1.54) is 83.4 Å². The summed E-state index contributed by atoms with van der Waals surface area (Å²) in [4.78, 5) is 117. The maximum absolute atomic E-state index is 13.1. The molecule has 8 amide bonds. The lowest BCUT2D eigenvalue weighted by Crippen LogP contribution is -2.35. The number of carbonyl (C=O) groups excluding carboxylic acids is 8. The van der Waals surface area contributed by atoms with Crippen LogP contribution in [0.25, 0.3) is 0 Å². The second kappa shape index (κ2) is 48.5. The fraction of sp³-hybridized carbons (Fsp3) is 0.176. The van der Waals surface area contributed by atoms with E-state index in [1.807, 2.05) is 24.1 Å². The van der Waals surface area contributed by atoms with Gasteiger partial charge in [-0.2, -0.15) is 0 Å². The van der Waals surface area contributed by atoms with E-state index < -0.39 is 47.3 Å². The third kappa shape index (κ3) is 27.4. The zero-order valence-electron chi connectivity index (χ0n) is 75.5. The summed E-state index contributed by atoms with van der Waals surface area (Å²) in [5.41, 5.74) is 8.15. The number of nitrogens with zero attached hydrogens (tertiary/aromatic N) is 5. The smallest absolute Gasteiger partial charge is 0.257 e. The number of benzene rings is 12. The summed E-state index contributed by atoms with van der Waals surface area (Å²) in [5, 5.41) is 50.4. The van der Waals surface area contributed by atoms with Crippen LogP contribution in [0.1, 0.15) is 137 Å². The standard InChI is InChI=1S/C27H26Cl2N4O3.C26H24Cl2N4O3.C25H22Cl2N4O3.C24H22Cl2N4O3/c1-36-23-16-20(29)15-22(27(35)31-21-11-9-19(28)10-12-21)24(23)32-26(34)18-7-5-17(6-8-18)25(30)33-13-3-2-4-14-33;1-35-22-15-19(28)14-21(26(34)30-20-10-8-18(27)9-11-20)23(22)31-25(33)17-6-4-16(5-7-17)24(29)32-12-2-3-13-32;1-31-12-11-28-23(31)15-3-5-16(6-4-15)24(32)30-22-20(13-18(27)14-21(22)34-2)25(33)29-19-9-7-17(26)8-10-19;1-30(2)22(27)14-4-6-15(7-5-14)23(31)29-21-19(12-17(26)13-20(21)33-3)24(32)28-18-10-8-16(25)9-11-18/h5-12,15-16,30H,2-4,13-14H2,1H3,(H,31,35)(H,32,34);4-11,14-15,29H,2-3,12-13H2,1H3,(H,30,34)(H,31,33);3-10,13-14H,11-12H2,1-2H3,(H,29,33)(H,30,32);4-13,27H,1-3H3,(H,28,32)(H,29,31). The Balaban J connectivity index is 0.000000165. The quantitative estimate of drug-likeness (QED) is 0.0198. The molecule has 0 aliphatic carbocycles. The topological polar surface area (TPSA) is 367 Å². The van der Waals surface area contributed by atoms with Gasteiger partial charge in [0.05, 0.1) is 80.0 Å². The van der Waals surface area contributed by atoms with Crippen LogP contribution in [0.3, 0.4) is 0 Å². The molecule has 0 spiro atoms. The number of nitrogens with one attached hydrogen (secondary N) is 11. The third-order valence-electron chi connectivity index (χ3n) is 21.8. The first-order valence-electron chi connectivity index (χ1n) is 42.9. The Morgan fingerprint density at radius 2 is 0.536 bits per heavy atom. The molecule has 710 valence electrons. The van der Waals surface area contributed by atoms with Crippen LogP contribution in [0.5, 0.6) is 23.0 Å². The summed E-state index contributed by atoms with van der Waals surface area (Å²) in [6, 6.07) is 66.0. The third-order valence-corrected chi connectivity index (χ3v) is 23.6. The summed E-state index contributed by atoms with van der Waals surface area (Å²) in [5.74, 6) is -0.446. The van der Waals surface area contributed by atoms with Gasteiger partial charge in [-0.05, 0) is 202 Å². The molecule has 0 unspecified atom stereocenters. The first-order valence-corrected chi connectivity index (χ1v) is 45.9. The van der Waals surface area contributed by atoms with E-state index in [2.05, 4.69) is 57.3 Å². The molecular weight excluding hydrogens is 1920 g/mol. The molecule has 3 aliphatic rings. The van der Waals surface area contributed by atoms with Crippen LogP contribution in [-0.2, 0) is 0 Å². The van der Waals surface area contributed by atoms with Crippen LogP contribution < -0.4 is 61.5 Å². The van der Waals surface area contributed by atoms with Crippen LogP contribution in [-0.4, -0.2) is 179 Å². The number of carbonyl (C=O) groups is 8. The molecule has 2 saturated heterocycles. The van der Waals surface area contributed by atoms with E-state index >= 15 is 0 Å². The monoisotopic (exact) mass is 2010 g/mol. The van der Waals surface area contributed by atoms with Crippen LogP contribution in [0.4, 0.5) is 45.5 Å². The van der Waals surface area contributed by atoms with Gasteiger partial charge in [0.15, 0.2) is 0 Å². The minimum Gasteiger partial charge on any atom is -0.494 e. The number of rotatable bonds is 24. The number of ether oxygens (including phenoxy) is 4. The van der Waals surface area contributed by atoms with Gasteiger partial charge >= 0.3 is 0 Å². The average molecular weight is 2020 g/mol. The minimum absolute atomic E-state index is 0.133. The fourth-order valence-corrected chi connectivity index (χ4v) is 15.8. The van der Waals surface area contributed by atoms with Crippen LogP contribution in [0.15, 0.2) is 248 Å². The highest BCUT2D eigenvalue weighted by Crippen LogP contribution is 2.40. The minimum atomic E-state index is -0.483. The number of likely N-dealkylation sites (tertiary alicyclic amines) is 2. The number of anilines is 8. The predicted molar refractivity (Wildman–Crippen MR) is 552 cm³/mol. The van der Waals surface area contributed by atoms with Gasteiger partial charge in [0.1, 0.15) is 46.3 Å². The van der Waals surface area contributed by atoms with Crippen molar-refractivity contribution in [3.63, 3.8) is 0 Å². The van der Waals surface area contributed by atoms with Crippen LogP contribution >= 0.6 is 92.8 Å². The summed E-state index contributed by atoms with van der Waals surface area (Å²) < 4.78 is 21.6. The molecule has 0 radical (unpaired) electrons. The predicted octanol–water partition coefficient (Wildman–Crippen LogP) is 22.8. The molecule has 11 N–H and O–H groups in total. The normalized spacial score (nSPS) is 12.3. The van der Waals surface area contributed by atoms with Crippen molar-refractivity contribution in [2.75, 3.05) is 131 Å². The van der Waals surface area contributed by atoms with Crippen molar-refractivity contribution in [3.8, 4) is 23.0 Å². The van der Waals surface area contributed by atoms with E-state index in [0.29, 0.717) is 93.2 Å². The van der Waals surface area contributed by atoms with E-state index in [0.717, 1.165) is 87.5 Å². The maximum atomic E-state index is 13.1. The van der Waals surface area contributed by atoms with Gasteiger partial charge in [0.2, 0.25) is 0 Å². The molecule has 0 saturated carbocycles. The first kappa shape index (κ1) is 103. The number of amidine groups is 4. The Morgan fingerprint density at radius 1 is 0.297 bits per heavy atom. The van der Waals surface area contributed by atoms with Crippen molar-refractivity contribution < 1.29 is 57.3 Å². The maximum Gasteiger partial charge on any atom is 0.257 e. The van der Waals surface area contributed by atoms with Gasteiger partial charge < -0.3 is 81.1 Å². The van der Waals surface area contributed by atoms with E-state index in [9.17, 15) is 38.4 Å². The highest BCUT2D eigenvalue weighted by atomic mass is 35.5. The molecule has 3 heterocycles. The zero-order chi connectivity index (χ0) is 99.0. The van der Waals surface area contributed by atoms with Gasteiger partial charge in [-0.25, -0.2) is 0 Å². The molecule has 0 aromatic heterocycles. The van der Waals surface area contributed by atoms with Crippen molar-refractivity contribution in [2.45, 2.75) is 32.1 Å². The molecule has 12 aromatic rings. The number of aliphatic imine (C=N–C) groups is 1. The number of amides is 8. The van der Waals surface area contributed by atoms with E-state index in [4.69, 9.17) is 128 Å². The van der Waals surface area contributed by atoms with Crippen LogP contribution in [0.2, 0.25) is 40.2 Å². The average Bonchev–Trinajstić information content (AvgIpc) is 0.920. The van der Waals surface area contributed by atoms with Crippen molar-refractivity contribution >= 4 is 209 Å². The zero-order valence-corrected chi connectivity index (χ0v) is 81.6. The molecular formula is C102H94Cl8N16O12. The van der Waals surface area contributed by atoms with E-state index in [-0.39, 0.29) is 83.1 Å². The molecule has 12 aromatic carbocycles. The van der Waals surface area contributed by atoms with Gasteiger partial charge in [-0.3, -0.25) is 59.6 Å². The molecule has 0 bridgehead atoms. The fourth-order valence-electron chi connectivity index (χ4n) is 14.5. The summed E-state index contributed by atoms with van der Waals surface area (Å²) in [6.45, 7) is 5.12. The number of halogens is 8. The molecule has 36 heteroatoms. The van der Waals surface area contributed by atoms with Gasteiger partial charge in [0, 0.05) is 186 Å². The Hall–Kier alpha value is -14.2. The second-order valence-electron chi connectivity index (χ2n) is 31.4.